The van der Waals surface area contributed by atoms with Gasteiger partial charge in [-0.15, -0.1) is 0 Å². The van der Waals surface area contributed by atoms with Gasteiger partial charge >= 0.3 is 11.9 Å². The van der Waals surface area contributed by atoms with Gasteiger partial charge in [0.05, 0.1) is 5.56 Å². The summed E-state index contributed by atoms with van der Waals surface area (Å²) in [6, 6.07) is 13.3. The second-order valence-electron chi connectivity index (χ2n) is 6.73. The number of rotatable bonds is 10. The van der Waals surface area contributed by atoms with Crippen LogP contribution in [-0.4, -0.2) is 49.0 Å². The van der Waals surface area contributed by atoms with Gasteiger partial charge < -0.3 is 19.7 Å². The molecule has 0 aliphatic rings. The van der Waals surface area contributed by atoms with Crippen molar-refractivity contribution in [3.63, 3.8) is 0 Å². The molecule has 0 radical (unpaired) electrons. The fourth-order valence-corrected chi connectivity index (χ4v) is 2.75. The summed E-state index contributed by atoms with van der Waals surface area (Å²) in [5.74, 6) is -0.636. The molecule has 31 heavy (non-hydrogen) atoms. The minimum atomic E-state index is -0.387. The molecule has 164 valence electrons. The SMILES string of the molecule is CCN(CC)CCOC(=O)c1ccc(NC(=O)/C=C/c2ccc(OC(C)=O)cc2)cc1. The van der Waals surface area contributed by atoms with E-state index in [1.165, 1.54) is 13.0 Å². The molecule has 0 saturated heterocycles. The maximum Gasteiger partial charge on any atom is 0.338 e. The van der Waals surface area contributed by atoms with Crippen molar-refractivity contribution in [3.05, 3.63) is 65.7 Å². The van der Waals surface area contributed by atoms with Gasteiger partial charge in [0.15, 0.2) is 0 Å². The first-order valence-corrected chi connectivity index (χ1v) is 10.2. The van der Waals surface area contributed by atoms with E-state index < -0.39 is 0 Å². The van der Waals surface area contributed by atoms with E-state index in [-0.39, 0.29) is 17.8 Å². The molecule has 0 saturated carbocycles. The average molecular weight is 424 g/mol. The van der Waals surface area contributed by atoms with E-state index in [0.717, 1.165) is 18.7 Å². The summed E-state index contributed by atoms with van der Waals surface area (Å²) < 4.78 is 10.3. The molecule has 0 spiro atoms. The summed E-state index contributed by atoms with van der Waals surface area (Å²) in [6.07, 6.45) is 3.05. The minimum absolute atomic E-state index is 0.307. The molecule has 7 heteroatoms. The molecule has 0 fully saturated rings. The fourth-order valence-electron chi connectivity index (χ4n) is 2.75. The molecule has 0 heterocycles. The topological polar surface area (TPSA) is 84.9 Å². The van der Waals surface area contributed by atoms with Gasteiger partial charge in [-0.3, -0.25) is 9.59 Å². The van der Waals surface area contributed by atoms with Crippen LogP contribution in [0.15, 0.2) is 54.6 Å². The molecular formula is C24H28N2O5. The highest BCUT2D eigenvalue weighted by molar-refractivity contribution is 6.02. The van der Waals surface area contributed by atoms with Gasteiger partial charge in [-0.05, 0) is 61.1 Å². The summed E-state index contributed by atoms with van der Waals surface area (Å²) in [6.45, 7) is 8.33. The lowest BCUT2D eigenvalue weighted by Crippen LogP contribution is -2.27. The van der Waals surface area contributed by atoms with Gasteiger partial charge in [-0.1, -0.05) is 26.0 Å². The third-order valence-corrected chi connectivity index (χ3v) is 4.49. The van der Waals surface area contributed by atoms with Crippen molar-refractivity contribution in [1.82, 2.24) is 4.90 Å². The van der Waals surface area contributed by atoms with Crippen molar-refractivity contribution < 1.29 is 23.9 Å². The summed E-state index contributed by atoms with van der Waals surface area (Å²) in [5.41, 5.74) is 1.79. The Morgan fingerprint density at radius 3 is 2.19 bits per heavy atom. The molecule has 2 aromatic carbocycles. The van der Waals surface area contributed by atoms with E-state index in [9.17, 15) is 14.4 Å². The first-order chi connectivity index (χ1) is 14.9. The third kappa shape index (κ3) is 8.44. The number of carbonyl (C=O) groups is 3. The van der Waals surface area contributed by atoms with Crippen LogP contribution in [-0.2, 0) is 14.3 Å². The van der Waals surface area contributed by atoms with E-state index in [1.54, 1.807) is 54.6 Å². The van der Waals surface area contributed by atoms with Crippen LogP contribution < -0.4 is 10.1 Å². The summed E-state index contributed by atoms with van der Waals surface area (Å²) in [5, 5.41) is 2.74. The largest absolute Gasteiger partial charge is 0.461 e. The molecule has 7 nitrogen and oxygen atoms in total. The molecular weight excluding hydrogens is 396 g/mol. The van der Waals surface area contributed by atoms with Gasteiger partial charge in [0.2, 0.25) is 5.91 Å². The molecule has 1 N–H and O–H groups in total. The normalized spacial score (nSPS) is 10.8. The second kappa shape index (κ2) is 12.3. The maximum absolute atomic E-state index is 12.1. The number of ether oxygens (including phenoxy) is 2. The Hall–Kier alpha value is -3.45. The molecule has 2 aromatic rings. The second-order valence-corrected chi connectivity index (χ2v) is 6.73. The van der Waals surface area contributed by atoms with E-state index in [1.807, 2.05) is 0 Å². The van der Waals surface area contributed by atoms with Crippen LogP contribution in [0.5, 0.6) is 5.75 Å². The van der Waals surface area contributed by atoms with E-state index in [0.29, 0.717) is 30.2 Å². The Bertz CT molecular complexity index is 901. The highest BCUT2D eigenvalue weighted by atomic mass is 16.5. The van der Waals surface area contributed by atoms with Gasteiger partial charge in [0.25, 0.3) is 0 Å². The number of esters is 2. The number of benzene rings is 2. The van der Waals surface area contributed by atoms with Crippen LogP contribution in [0.25, 0.3) is 6.08 Å². The van der Waals surface area contributed by atoms with Crippen molar-refractivity contribution in [1.29, 1.82) is 0 Å². The zero-order chi connectivity index (χ0) is 22.6. The van der Waals surface area contributed by atoms with Crippen molar-refractivity contribution in [3.8, 4) is 5.75 Å². The molecule has 0 bridgehead atoms. The molecule has 0 aliphatic carbocycles. The molecule has 0 aliphatic heterocycles. The Balaban J connectivity index is 1.83. The lowest BCUT2D eigenvalue weighted by atomic mass is 10.2. The number of likely N-dealkylation sites (N-methyl/N-ethyl adjacent to an activating group) is 1. The Labute approximate surface area is 182 Å². The van der Waals surface area contributed by atoms with Crippen LogP contribution in [0, 0.1) is 0 Å². The van der Waals surface area contributed by atoms with Crippen LogP contribution in [0.3, 0.4) is 0 Å². The molecule has 0 aromatic heterocycles. The maximum atomic E-state index is 12.1. The Kier molecular flexibility index (Phi) is 9.45. The fraction of sp³-hybridized carbons (Fsp3) is 0.292. The molecule has 2 rings (SSSR count). The lowest BCUT2D eigenvalue weighted by molar-refractivity contribution is -0.131. The minimum Gasteiger partial charge on any atom is -0.461 e. The molecule has 0 atom stereocenters. The number of amides is 1. The quantitative estimate of drug-likeness (QED) is 0.355. The van der Waals surface area contributed by atoms with Crippen molar-refractivity contribution in [2.24, 2.45) is 0 Å². The van der Waals surface area contributed by atoms with Gasteiger partial charge in [0, 0.05) is 25.2 Å². The number of nitrogens with zero attached hydrogens (tertiary/aromatic N) is 1. The summed E-state index contributed by atoms with van der Waals surface area (Å²) >= 11 is 0. The van der Waals surface area contributed by atoms with Crippen LogP contribution in [0.4, 0.5) is 5.69 Å². The lowest BCUT2D eigenvalue weighted by Gasteiger charge is -2.17. The molecule has 0 unspecified atom stereocenters. The van der Waals surface area contributed by atoms with Crippen LogP contribution in [0.1, 0.15) is 36.7 Å². The van der Waals surface area contributed by atoms with Gasteiger partial charge in [-0.25, -0.2) is 4.79 Å². The number of hydrogen-bond acceptors (Lipinski definition) is 6. The van der Waals surface area contributed by atoms with Gasteiger partial charge in [0.1, 0.15) is 12.4 Å². The Morgan fingerprint density at radius 1 is 0.968 bits per heavy atom. The number of carbonyl (C=O) groups excluding carboxylic acids is 3. The first kappa shape index (κ1) is 23.8. The Morgan fingerprint density at radius 2 is 1.61 bits per heavy atom. The van der Waals surface area contributed by atoms with Crippen molar-refractivity contribution >= 4 is 29.6 Å². The first-order valence-electron chi connectivity index (χ1n) is 10.2. The average Bonchev–Trinajstić information content (AvgIpc) is 2.76. The van der Waals surface area contributed by atoms with Crippen molar-refractivity contribution in [2.75, 3.05) is 31.6 Å². The van der Waals surface area contributed by atoms with Gasteiger partial charge in [-0.2, -0.15) is 0 Å². The summed E-state index contributed by atoms with van der Waals surface area (Å²) in [7, 11) is 0. The zero-order valence-corrected chi connectivity index (χ0v) is 18.1. The number of hydrogen-bond donors (Lipinski definition) is 1. The predicted octanol–water partition coefficient (Wildman–Crippen LogP) is 3.76. The standard InChI is InChI=1S/C24H28N2O5/c1-4-26(5-2)16-17-30-24(29)20-9-11-21(12-10-20)25-23(28)15-8-19-6-13-22(14-7-19)31-18(3)27/h6-15H,4-5,16-17H2,1-3H3,(H,25,28)/b15-8+. The third-order valence-electron chi connectivity index (χ3n) is 4.49. The smallest absolute Gasteiger partial charge is 0.338 e. The summed E-state index contributed by atoms with van der Waals surface area (Å²) in [4.78, 5) is 37.3. The molecule has 1 amide bonds. The van der Waals surface area contributed by atoms with E-state index in [2.05, 4.69) is 24.1 Å². The highest BCUT2D eigenvalue weighted by Gasteiger charge is 2.08. The van der Waals surface area contributed by atoms with E-state index >= 15 is 0 Å². The number of anilines is 1. The number of nitrogens with one attached hydrogen (secondary N) is 1. The van der Waals surface area contributed by atoms with Crippen LogP contribution >= 0.6 is 0 Å². The monoisotopic (exact) mass is 424 g/mol. The zero-order valence-electron chi connectivity index (χ0n) is 18.1. The van der Waals surface area contributed by atoms with E-state index in [4.69, 9.17) is 9.47 Å². The highest BCUT2D eigenvalue weighted by Crippen LogP contribution is 2.14. The van der Waals surface area contributed by atoms with Crippen LogP contribution in [0.2, 0.25) is 0 Å². The predicted molar refractivity (Wildman–Crippen MR) is 120 cm³/mol. The van der Waals surface area contributed by atoms with Crippen molar-refractivity contribution in [2.45, 2.75) is 20.8 Å².